The average Bonchev–Trinajstić information content (AvgIpc) is 3.72. The molecule has 10 nitrogen and oxygen atoms in total. The van der Waals surface area contributed by atoms with Crippen molar-refractivity contribution in [1.29, 1.82) is 0 Å². The van der Waals surface area contributed by atoms with E-state index in [2.05, 4.69) is 31.4 Å². The van der Waals surface area contributed by atoms with Crippen LogP contribution in [0, 0.1) is 17.3 Å². The number of nitrogens with zero attached hydrogens (tertiary/aromatic N) is 1. The Morgan fingerprint density at radius 3 is 2.40 bits per heavy atom. The molecule has 2 aromatic carbocycles. The van der Waals surface area contributed by atoms with Gasteiger partial charge in [-0.3, -0.25) is 9.59 Å². The fourth-order valence-corrected chi connectivity index (χ4v) is 8.53. The zero-order valence-corrected chi connectivity index (χ0v) is 28.7. The van der Waals surface area contributed by atoms with Gasteiger partial charge in [-0.05, 0) is 73.8 Å². The molecular weight excluding hydrogens is 609 g/mol. The first-order chi connectivity index (χ1) is 23.1. The van der Waals surface area contributed by atoms with Gasteiger partial charge < -0.3 is 34.3 Å². The third-order valence-electron chi connectivity index (χ3n) is 11.4. The third-order valence-corrected chi connectivity index (χ3v) is 11.4. The van der Waals surface area contributed by atoms with Crippen molar-refractivity contribution in [2.75, 3.05) is 20.3 Å². The van der Waals surface area contributed by atoms with E-state index in [0.717, 1.165) is 30.4 Å². The number of amides is 3. The Morgan fingerprint density at radius 1 is 1.00 bits per heavy atom. The summed E-state index contributed by atoms with van der Waals surface area (Å²) in [6.45, 7) is 7.90. The van der Waals surface area contributed by atoms with Crippen LogP contribution in [-0.4, -0.2) is 79.9 Å². The summed E-state index contributed by atoms with van der Waals surface area (Å²) >= 11 is 0. The Hall–Kier alpha value is -3.41. The van der Waals surface area contributed by atoms with Crippen LogP contribution in [0.25, 0.3) is 0 Å². The van der Waals surface area contributed by atoms with Crippen molar-refractivity contribution >= 4 is 25.0 Å². The van der Waals surface area contributed by atoms with Crippen LogP contribution in [0.2, 0.25) is 0 Å². The summed E-state index contributed by atoms with van der Waals surface area (Å²) in [5.74, 6) is 0.100. The molecule has 48 heavy (non-hydrogen) atoms. The van der Waals surface area contributed by atoms with Gasteiger partial charge >= 0.3 is 13.2 Å². The van der Waals surface area contributed by atoms with Gasteiger partial charge in [0.15, 0.2) is 0 Å². The number of alkyl carbamates (subject to hydrolysis) is 1. The highest BCUT2D eigenvalue weighted by Crippen LogP contribution is 2.65. The molecule has 3 amide bonds. The molecule has 0 spiro atoms. The minimum Gasteiger partial charge on any atom is -0.445 e. The Bertz CT molecular complexity index is 1430. The van der Waals surface area contributed by atoms with Crippen molar-refractivity contribution in [2.45, 2.75) is 102 Å². The first-order valence-corrected chi connectivity index (χ1v) is 17.5. The lowest BCUT2D eigenvalue weighted by atomic mass is 9.43. The van der Waals surface area contributed by atoms with Crippen LogP contribution in [0.4, 0.5) is 4.79 Å². The van der Waals surface area contributed by atoms with E-state index in [9.17, 15) is 14.4 Å². The zero-order valence-electron chi connectivity index (χ0n) is 28.7. The lowest BCUT2D eigenvalue weighted by Crippen LogP contribution is -2.65. The average molecular weight is 660 g/mol. The number of carbonyl (C=O) groups is 3. The molecule has 0 unspecified atom stereocenters. The highest BCUT2D eigenvalue weighted by Gasteiger charge is 2.68. The molecule has 5 aliphatic rings. The van der Waals surface area contributed by atoms with Gasteiger partial charge in [0.05, 0.1) is 17.6 Å². The Balaban J connectivity index is 1.14. The molecule has 3 aliphatic carbocycles. The molecule has 11 heteroatoms. The second-order valence-corrected chi connectivity index (χ2v) is 14.7. The van der Waals surface area contributed by atoms with E-state index in [4.69, 9.17) is 18.8 Å². The predicted molar refractivity (Wildman–Crippen MR) is 182 cm³/mol. The van der Waals surface area contributed by atoms with E-state index in [-0.39, 0.29) is 42.3 Å². The second-order valence-electron chi connectivity index (χ2n) is 14.7. The van der Waals surface area contributed by atoms with Gasteiger partial charge in [-0.1, -0.05) is 74.5 Å². The lowest BCUT2D eigenvalue weighted by Gasteiger charge is -2.64. The van der Waals surface area contributed by atoms with Crippen molar-refractivity contribution in [1.82, 2.24) is 15.5 Å². The molecule has 2 aromatic rings. The molecule has 7 atom stereocenters. The van der Waals surface area contributed by atoms with Crippen LogP contribution in [-0.2, 0) is 41.4 Å². The summed E-state index contributed by atoms with van der Waals surface area (Å²) in [4.78, 5) is 42.7. The van der Waals surface area contributed by atoms with Crippen molar-refractivity contribution in [3.05, 3.63) is 71.8 Å². The largest absolute Gasteiger partial charge is 0.481 e. The summed E-state index contributed by atoms with van der Waals surface area (Å²) < 4.78 is 24.1. The van der Waals surface area contributed by atoms with E-state index >= 15 is 0 Å². The first-order valence-electron chi connectivity index (χ1n) is 17.5. The summed E-state index contributed by atoms with van der Waals surface area (Å²) in [5, 5.41) is 6.04. The Morgan fingerprint density at radius 2 is 1.71 bits per heavy atom. The van der Waals surface area contributed by atoms with Gasteiger partial charge in [0, 0.05) is 26.7 Å². The summed E-state index contributed by atoms with van der Waals surface area (Å²) in [6.07, 6.45) is 4.26. The Labute approximate surface area is 284 Å². The predicted octanol–water partition coefficient (Wildman–Crippen LogP) is 4.69. The molecule has 3 saturated carbocycles. The zero-order chi connectivity index (χ0) is 33.9. The minimum atomic E-state index is -0.902. The molecule has 0 aromatic heterocycles. The van der Waals surface area contributed by atoms with Gasteiger partial charge in [0.1, 0.15) is 18.7 Å². The van der Waals surface area contributed by atoms with Crippen LogP contribution < -0.4 is 10.6 Å². The monoisotopic (exact) mass is 659 g/mol. The van der Waals surface area contributed by atoms with Crippen molar-refractivity contribution < 1.29 is 33.2 Å². The minimum absolute atomic E-state index is 0.00266. The smallest absolute Gasteiger partial charge is 0.445 e. The normalized spacial score (nSPS) is 28.2. The summed E-state index contributed by atoms with van der Waals surface area (Å²) in [7, 11) is 1.09. The summed E-state index contributed by atoms with van der Waals surface area (Å²) in [5.41, 5.74) is 1.55. The molecule has 0 radical (unpaired) electrons. The van der Waals surface area contributed by atoms with E-state index < -0.39 is 30.9 Å². The molecular formula is C37H50BN3O7. The van der Waals surface area contributed by atoms with Crippen LogP contribution in [0.15, 0.2) is 60.7 Å². The SMILES string of the molecule is COCCC[C@H](NC(=O)[C@@H]1CCCN1C(=O)[C@@H](Cc1ccccc1)NC(=O)OCc1ccccc1)B1O[C@@H]2C[C@H]3C[C@H](C3(C)C)[C@]2(C)O1. The fraction of sp³-hybridized carbons (Fsp3) is 0.595. The van der Waals surface area contributed by atoms with Crippen molar-refractivity contribution in [3.8, 4) is 0 Å². The molecule has 2 N–H and O–H groups in total. The van der Waals surface area contributed by atoms with Gasteiger partial charge in [-0.2, -0.15) is 0 Å². The molecule has 258 valence electrons. The number of carbonyl (C=O) groups excluding carboxylic acids is 3. The number of ether oxygens (including phenoxy) is 2. The number of rotatable bonds is 13. The van der Waals surface area contributed by atoms with Gasteiger partial charge in [0.2, 0.25) is 11.8 Å². The molecule has 2 aliphatic heterocycles. The van der Waals surface area contributed by atoms with E-state index in [1.807, 2.05) is 60.7 Å². The van der Waals surface area contributed by atoms with Crippen LogP contribution >= 0.6 is 0 Å². The molecule has 2 bridgehead atoms. The molecule has 2 heterocycles. The van der Waals surface area contributed by atoms with Gasteiger partial charge in [0.25, 0.3) is 0 Å². The topological polar surface area (TPSA) is 115 Å². The maximum atomic E-state index is 14.2. The molecule has 7 rings (SSSR count). The third kappa shape index (κ3) is 7.14. The summed E-state index contributed by atoms with van der Waals surface area (Å²) in [6, 6.07) is 17.3. The number of likely N-dealkylation sites (tertiary alicyclic amines) is 1. The van der Waals surface area contributed by atoms with Crippen LogP contribution in [0.1, 0.15) is 70.4 Å². The maximum Gasteiger partial charge on any atom is 0.481 e. The highest BCUT2D eigenvalue weighted by atomic mass is 16.7. The molecule has 2 saturated heterocycles. The second kappa shape index (κ2) is 14.6. The van der Waals surface area contributed by atoms with Crippen molar-refractivity contribution in [3.63, 3.8) is 0 Å². The lowest BCUT2D eigenvalue weighted by molar-refractivity contribution is -0.199. The van der Waals surface area contributed by atoms with Gasteiger partial charge in [-0.25, -0.2) is 4.79 Å². The van der Waals surface area contributed by atoms with Crippen LogP contribution in [0.5, 0.6) is 0 Å². The van der Waals surface area contributed by atoms with E-state index in [1.165, 1.54) is 0 Å². The van der Waals surface area contributed by atoms with E-state index in [0.29, 0.717) is 44.2 Å². The number of nitrogens with one attached hydrogen (secondary N) is 2. The van der Waals surface area contributed by atoms with Gasteiger partial charge in [-0.15, -0.1) is 0 Å². The number of hydrogen-bond donors (Lipinski definition) is 2. The van der Waals surface area contributed by atoms with Crippen LogP contribution in [0.3, 0.4) is 0 Å². The first kappa shape index (κ1) is 34.5. The van der Waals surface area contributed by atoms with E-state index in [1.54, 1.807) is 12.0 Å². The quantitative estimate of drug-likeness (QED) is 0.237. The fourth-order valence-electron chi connectivity index (χ4n) is 8.53. The maximum absolute atomic E-state index is 14.2. The highest BCUT2D eigenvalue weighted by molar-refractivity contribution is 6.47. The number of methoxy groups -OCH3 is 1. The number of hydrogen-bond acceptors (Lipinski definition) is 7. The Kier molecular flexibility index (Phi) is 10.5. The molecule has 5 fully saturated rings. The van der Waals surface area contributed by atoms with Crippen molar-refractivity contribution in [2.24, 2.45) is 17.3 Å². The number of benzene rings is 2. The standard InChI is InChI=1S/C37H50BN3O7/c1-36(2)27-22-30(36)37(3)31(23-27)47-38(48-37)32(18-12-20-45-4)40-33(42)29-17-11-19-41(29)34(43)28(21-25-13-7-5-8-14-25)39-35(44)46-24-26-15-9-6-10-16-26/h5-10,13-16,27-32H,11-12,17-24H2,1-4H3,(H,39,44)(H,40,42)/t27-,28-,29+,30-,31-,32+,37+/m1/s1.